The zero-order valence-corrected chi connectivity index (χ0v) is 6.60. The number of rotatable bonds is 1. The largest absolute Gasteiger partial charge is 0.411 e. The first-order valence-corrected chi connectivity index (χ1v) is 3.64. The molecule has 0 saturated heterocycles. The maximum absolute atomic E-state index is 12.7. The summed E-state index contributed by atoms with van der Waals surface area (Å²) in [7, 11) is 0. The van der Waals surface area contributed by atoms with Crippen LogP contribution in [0.2, 0.25) is 5.35 Å². The summed E-state index contributed by atoms with van der Waals surface area (Å²) in [6.07, 6.45) is -0.412. The first-order chi connectivity index (χ1) is 5.13. The van der Waals surface area contributed by atoms with Gasteiger partial charge in [0, 0.05) is 0 Å². The van der Waals surface area contributed by atoms with Crippen LogP contribution in [0.1, 0.15) is 19.2 Å². The molecule has 0 amide bonds. The fraction of sp³-hybridized carbons (Fsp3) is 0.667. The molecule has 0 radical (unpaired) electrons. The van der Waals surface area contributed by atoms with Gasteiger partial charge in [0.25, 0.3) is 0 Å². The van der Waals surface area contributed by atoms with Crippen LogP contribution in [0.25, 0.3) is 0 Å². The molecule has 0 spiro atoms. The van der Waals surface area contributed by atoms with E-state index in [2.05, 4.69) is 10.2 Å². The van der Waals surface area contributed by atoms with E-state index in [0.717, 1.165) is 0 Å². The Morgan fingerprint density at radius 1 is 1.73 bits per heavy atom. The zero-order valence-electron chi connectivity index (χ0n) is 5.84. The number of hydrogen-bond acceptors (Lipinski definition) is 3. The molecular weight excluding hydrogens is 171 g/mol. The molecule has 0 aliphatic heterocycles. The lowest BCUT2D eigenvalue weighted by atomic mass is 10.1. The highest BCUT2D eigenvalue weighted by Gasteiger charge is 2.56. The van der Waals surface area contributed by atoms with Crippen LogP contribution in [0.15, 0.2) is 4.42 Å². The van der Waals surface area contributed by atoms with E-state index in [0.29, 0.717) is 12.3 Å². The molecule has 1 aromatic rings. The van der Waals surface area contributed by atoms with Gasteiger partial charge in [-0.2, -0.15) is 0 Å². The van der Waals surface area contributed by atoms with Crippen molar-refractivity contribution >= 4 is 11.6 Å². The number of nitrogens with zero attached hydrogens (tertiary/aromatic N) is 2. The predicted octanol–water partition coefficient (Wildman–Crippen LogP) is 1.72. The van der Waals surface area contributed by atoms with E-state index in [1.165, 1.54) is 0 Å². The van der Waals surface area contributed by atoms with Crippen molar-refractivity contribution in [2.75, 3.05) is 0 Å². The molecule has 2 rings (SSSR count). The lowest BCUT2D eigenvalue weighted by Gasteiger charge is -1.97. The van der Waals surface area contributed by atoms with Crippen molar-refractivity contribution in [3.63, 3.8) is 0 Å². The molecule has 0 N–H and O–H groups in total. The molecule has 1 aliphatic rings. The molecule has 0 bridgehead atoms. The Morgan fingerprint density at radius 3 is 2.73 bits per heavy atom. The molecule has 2 unspecified atom stereocenters. The maximum Gasteiger partial charge on any atom is 0.312 e. The molecule has 1 fully saturated rings. The average molecular weight is 177 g/mol. The van der Waals surface area contributed by atoms with Crippen LogP contribution in [0, 0.1) is 0 Å². The van der Waals surface area contributed by atoms with Crippen molar-refractivity contribution in [3.8, 4) is 0 Å². The van der Waals surface area contributed by atoms with E-state index < -0.39 is 11.6 Å². The summed E-state index contributed by atoms with van der Waals surface area (Å²) in [6, 6.07) is 0. The van der Waals surface area contributed by atoms with Crippen molar-refractivity contribution in [2.24, 2.45) is 0 Å². The van der Waals surface area contributed by atoms with Crippen LogP contribution in [0.5, 0.6) is 0 Å². The molecule has 1 aromatic heterocycles. The highest BCUT2D eigenvalue weighted by Crippen LogP contribution is 2.49. The lowest BCUT2D eigenvalue weighted by Crippen LogP contribution is -2.04. The first kappa shape index (κ1) is 7.03. The molecule has 1 aliphatic carbocycles. The van der Waals surface area contributed by atoms with Gasteiger partial charge < -0.3 is 4.42 Å². The Kier molecular flexibility index (Phi) is 1.24. The predicted molar refractivity (Wildman–Crippen MR) is 36.2 cm³/mol. The van der Waals surface area contributed by atoms with Gasteiger partial charge in [0.15, 0.2) is 0 Å². The summed E-state index contributed by atoms with van der Waals surface area (Å²) in [6.45, 7) is 1.74. The van der Waals surface area contributed by atoms with E-state index >= 15 is 0 Å². The summed E-state index contributed by atoms with van der Waals surface area (Å²) in [5, 5.41) is 7.02. The van der Waals surface area contributed by atoms with Gasteiger partial charge in [0.05, 0.1) is 5.41 Å². The molecule has 1 heterocycles. The molecule has 2 atom stereocenters. The number of aromatic nitrogens is 2. The van der Waals surface area contributed by atoms with E-state index in [-0.39, 0.29) is 5.35 Å². The Morgan fingerprint density at radius 2 is 2.36 bits per heavy atom. The standard InChI is InChI=1S/C6H6ClFN2O/c1-6(2-3(6)8)4-9-10-5(7)11-4/h3H,2H2,1H3. The van der Waals surface area contributed by atoms with Crippen molar-refractivity contribution in [3.05, 3.63) is 11.2 Å². The normalized spacial score (nSPS) is 35.7. The fourth-order valence-corrected chi connectivity index (χ4v) is 1.08. The van der Waals surface area contributed by atoms with E-state index in [9.17, 15) is 4.39 Å². The van der Waals surface area contributed by atoms with Crippen LogP contribution < -0.4 is 0 Å². The topological polar surface area (TPSA) is 38.9 Å². The van der Waals surface area contributed by atoms with Crippen molar-refractivity contribution in [2.45, 2.75) is 24.9 Å². The Hall–Kier alpha value is -0.640. The average Bonchev–Trinajstić information content (AvgIpc) is 2.44. The molecule has 5 heteroatoms. The van der Waals surface area contributed by atoms with Gasteiger partial charge in [-0.1, -0.05) is 5.10 Å². The Bertz CT molecular complexity index is 290. The van der Waals surface area contributed by atoms with Gasteiger partial charge >= 0.3 is 5.35 Å². The highest BCUT2D eigenvalue weighted by atomic mass is 35.5. The number of halogens is 2. The summed E-state index contributed by atoms with van der Waals surface area (Å²) in [5.41, 5.74) is -0.569. The fourth-order valence-electron chi connectivity index (χ4n) is 0.971. The third kappa shape index (κ3) is 0.929. The molecule has 60 valence electrons. The second-order valence-corrected chi connectivity index (χ2v) is 3.27. The molecule has 0 aromatic carbocycles. The van der Waals surface area contributed by atoms with Crippen LogP contribution in [0.3, 0.4) is 0 Å². The van der Waals surface area contributed by atoms with Crippen molar-refractivity contribution < 1.29 is 8.81 Å². The zero-order chi connectivity index (χ0) is 8.06. The van der Waals surface area contributed by atoms with E-state index in [1.807, 2.05) is 0 Å². The van der Waals surface area contributed by atoms with Crippen LogP contribution in [0.4, 0.5) is 4.39 Å². The number of alkyl halides is 1. The summed E-state index contributed by atoms with van der Waals surface area (Å²) in [5.74, 6) is 0.301. The van der Waals surface area contributed by atoms with Gasteiger partial charge in [-0.25, -0.2) is 4.39 Å². The second-order valence-electron chi connectivity index (χ2n) is 2.95. The third-order valence-electron chi connectivity index (χ3n) is 2.02. The molecule has 3 nitrogen and oxygen atoms in total. The highest BCUT2D eigenvalue weighted by molar-refractivity contribution is 6.27. The van der Waals surface area contributed by atoms with Gasteiger partial charge in [-0.15, -0.1) is 5.10 Å². The van der Waals surface area contributed by atoms with Gasteiger partial charge in [0.1, 0.15) is 6.17 Å². The monoisotopic (exact) mass is 176 g/mol. The Labute approximate surface area is 67.6 Å². The van der Waals surface area contributed by atoms with E-state index in [4.69, 9.17) is 16.0 Å². The SMILES string of the molecule is CC1(c2nnc(Cl)o2)CC1F. The summed E-state index contributed by atoms with van der Waals surface area (Å²) >= 11 is 5.38. The van der Waals surface area contributed by atoms with Crippen LogP contribution in [-0.2, 0) is 5.41 Å². The first-order valence-electron chi connectivity index (χ1n) is 3.26. The second kappa shape index (κ2) is 1.94. The minimum absolute atomic E-state index is 0.0275. The third-order valence-corrected chi connectivity index (χ3v) is 2.18. The summed E-state index contributed by atoms with van der Waals surface area (Å²) < 4.78 is 17.6. The van der Waals surface area contributed by atoms with Crippen LogP contribution >= 0.6 is 11.6 Å². The minimum Gasteiger partial charge on any atom is -0.411 e. The van der Waals surface area contributed by atoms with Crippen LogP contribution in [-0.4, -0.2) is 16.4 Å². The molecule has 1 saturated carbocycles. The maximum atomic E-state index is 12.7. The lowest BCUT2D eigenvalue weighted by molar-refractivity contribution is 0.376. The van der Waals surface area contributed by atoms with Crippen molar-refractivity contribution in [1.29, 1.82) is 0 Å². The van der Waals surface area contributed by atoms with Gasteiger partial charge in [-0.05, 0) is 24.9 Å². The number of hydrogen-bond donors (Lipinski definition) is 0. The smallest absolute Gasteiger partial charge is 0.312 e. The van der Waals surface area contributed by atoms with Gasteiger partial charge in [0.2, 0.25) is 5.89 Å². The molecule has 11 heavy (non-hydrogen) atoms. The molecular formula is C6H6ClFN2O. The summed E-state index contributed by atoms with van der Waals surface area (Å²) in [4.78, 5) is 0. The van der Waals surface area contributed by atoms with Crippen molar-refractivity contribution in [1.82, 2.24) is 10.2 Å². The minimum atomic E-state index is -0.862. The van der Waals surface area contributed by atoms with Gasteiger partial charge in [-0.3, -0.25) is 0 Å². The quantitative estimate of drug-likeness (QED) is 0.654. The van der Waals surface area contributed by atoms with E-state index in [1.54, 1.807) is 6.92 Å². The Balaban J connectivity index is 2.31.